The topological polar surface area (TPSA) is 105 Å². The maximum absolute atomic E-state index is 12.5. The van der Waals surface area contributed by atoms with Crippen LogP contribution in [0.3, 0.4) is 0 Å². The van der Waals surface area contributed by atoms with Gasteiger partial charge >= 0.3 is 0 Å². The van der Waals surface area contributed by atoms with E-state index in [0.29, 0.717) is 44.2 Å². The van der Waals surface area contributed by atoms with E-state index in [0.717, 1.165) is 6.42 Å². The van der Waals surface area contributed by atoms with Crippen LogP contribution in [0.15, 0.2) is 10.6 Å². The smallest absolute Gasteiger partial charge is 0.242 e. The average Bonchev–Trinajstić information content (AvgIpc) is 2.92. The first-order chi connectivity index (χ1) is 11.3. The van der Waals surface area contributed by atoms with Crippen molar-refractivity contribution in [2.45, 2.75) is 39.2 Å². The highest BCUT2D eigenvalue weighted by molar-refractivity contribution is 5.91. The van der Waals surface area contributed by atoms with E-state index in [4.69, 9.17) is 10.3 Å². The van der Waals surface area contributed by atoms with Crippen molar-refractivity contribution in [2.24, 2.45) is 5.73 Å². The summed E-state index contributed by atoms with van der Waals surface area (Å²) in [5, 5.41) is 6.44. The van der Waals surface area contributed by atoms with Crippen LogP contribution >= 0.6 is 12.4 Å². The summed E-state index contributed by atoms with van der Waals surface area (Å²) >= 11 is 0. The molecule has 1 aliphatic rings. The van der Waals surface area contributed by atoms with Crippen LogP contribution in [0.5, 0.6) is 0 Å². The summed E-state index contributed by atoms with van der Waals surface area (Å²) in [7, 11) is 0. The number of hydrogen-bond donors (Lipinski definition) is 2. The third-order valence-corrected chi connectivity index (χ3v) is 4.18. The van der Waals surface area contributed by atoms with Crippen LogP contribution in [0.1, 0.15) is 32.4 Å². The molecule has 1 fully saturated rings. The fraction of sp³-hybridized carbons (Fsp3) is 0.688. The predicted molar refractivity (Wildman–Crippen MR) is 97.6 cm³/mol. The highest BCUT2D eigenvalue weighted by atomic mass is 35.5. The van der Waals surface area contributed by atoms with Gasteiger partial charge in [0.1, 0.15) is 5.76 Å². The zero-order valence-corrected chi connectivity index (χ0v) is 15.9. The number of carbonyl (C=O) groups excluding carboxylic acids is 2. The Hall–Kier alpha value is -1.64. The van der Waals surface area contributed by atoms with E-state index in [1.54, 1.807) is 24.8 Å². The highest BCUT2D eigenvalue weighted by Gasteiger charge is 2.33. The fourth-order valence-corrected chi connectivity index (χ4v) is 2.91. The fourth-order valence-electron chi connectivity index (χ4n) is 2.91. The lowest BCUT2D eigenvalue weighted by atomic mass is 9.95. The van der Waals surface area contributed by atoms with Gasteiger partial charge in [0.15, 0.2) is 5.82 Å². The molecule has 0 spiro atoms. The molecule has 1 unspecified atom stereocenters. The number of amides is 2. The molecular formula is C16H28ClN5O3. The first kappa shape index (κ1) is 21.4. The summed E-state index contributed by atoms with van der Waals surface area (Å²) in [6.45, 7) is 8.32. The number of aryl methyl sites for hydroxylation is 1. The Morgan fingerprint density at radius 2 is 2.00 bits per heavy atom. The highest BCUT2D eigenvalue weighted by Crippen LogP contribution is 2.15. The quantitative estimate of drug-likeness (QED) is 0.770. The van der Waals surface area contributed by atoms with Gasteiger partial charge in [-0.2, -0.15) is 0 Å². The third-order valence-electron chi connectivity index (χ3n) is 4.18. The first-order valence-corrected chi connectivity index (χ1v) is 8.35. The Morgan fingerprint density at radius 3 is 2.52 bits per heavy atom. The second kappa shape index (κ2) is 9.17. The van der Waals surface area contributed by atoms with Crippen molar-refractivity contribution in [3.8, 4) is 0 Å². The Labute approximate surface area is 154 Å². The summed E-state index contributed by atoms with van der Waals surface area (Å²) < 4.78 is 4.91. The van der Waals surface area contributed by atoms with Crippen LogP contribution in [0, 0.1) is 6.92 Å². The van der Waals surface area contributed by atoms with Crippen molar-refractivity contribution < 1.29 is 14.1 Å². The van der Waals surface area contributed by atoms with Crippen LogP contribution < -0.4 is 11.1 Å². The number of nitrogens with zero attached hydrogens (tertiary/aromatic N) is 3. The van der Waals surface area contributed by atoms with Crippen molar-refractivity contribution >= 4 is 30.0 Å². The van der Waals surface area contributed by atoms with Gasteiger partial charge in [0.2, 0.25) is 11.8 Å². The monoisotopic (exact) mass is 373 g/mol. The van der Waals surface area contributed by atoms with Gasteiger partial charge in [-0.05, 0) is 20.3 Å². The predicted octanol–water partition coefficient (Wildman–Crippen LogP) is 1.01. The molecule has 1 atom stereocenters. The number of piperazine rings is 1. The van der Waals surface area contributed by atoms with Gasteiger partial charge in [-0.1, -0.05) is 18.5 Å². The molecular weight excluding hydrogens is 346 g/mol. The number of carbonyl (C=O) groups is 2. The summed E-state index contributed by atoms with van der Waals surface area (Å²) in [6, 6.07) is 1.67. The minimum atomic E-state index is -0.806. The minimum absolute atomic E-state index is 0. The molecule has 3 N–H and O–H groups in total. The molecule has 1 aliphatic heterocycles. The van der Waals surface area contributed by atoms with Gasteiger partial charge in [-0.3, -0.25) is 14.5 Å². The van der Waals surface area contributed by atoms with E-state index in [1.165, 1.54) is 0 Å². The molecule has 0 saturated carbocycles. The maximum atomic E-state index is 12.5. The molecule has 1 aromatic rings. The number of nitrogens with two attached hydrogens (primary N) is 1. The number of halogens is 1. The Balaban J connectivity index is 0.00000312. The lowest BCUT2D eigenvalue weighted by Crippen LogP contribution is -2.58. The molecule has 0 aliphatic carbocycles. The third kappa shape index (κ3) is 5.98. The molecule has 0 bridgehead atoms. The van der Waals surface area contributed by atoms with Crippen molar-refractivity contribution in [3.63, 3.8) is 0 Å². The largest absolute Gasteiger partial charge is 0.360 e. The normalized spacial score (nSPS) is 17.5. The number of aromatic nitrogens is 1. The average molecular weight is 374 g/mol. The molecule has 2 rings (SSSR count). The van der Waals surface area contributed by atoms with Crippen LogP contribution in [-0.2, 0) is 9.59 Å². The molecule has 2 heterocycles. The van der Waals surface area contributed by atoms with Crippen LogP contribution in [0.4, 0.5) is 5.82 Å². The van der Waals surface area contributed by atoms with Crippen LogP contribution in [0.2, 0.25) is 0 Å². The summed E-state index contributed by atoms with van der Waals surface area (Å²) in [4.78, 5) is 28.3. The minimum Gasteiger partial charge on any atom is -0.360 e. The Kier molecular flexibility index (Phi) is 7.85. The summed E-state index contributed by atoms with van der Waals surface area (Å²) in [5.74, 6) is 0.920. The van der Waals surface area contributed by atoms with E-state index >= 15 is 0 Å². The first-order valence-electron chi connectivity index (χ1n) is 8.35. The summed E-state index contributed by atoms with van der Waals surface area (Å²) in [5.41, 5.74) is 5.31. The van der Waals surface area contributed by atoms with E-state index in [-0.39, 0.29) is 30.8 Å². The van der Waals surface area contributed by atoms with Crippen LogP contribution in [-0.4, -0.2) is 65.0 Å². The van der Waals surface area contributed by atoms with Crippen molar-refractivity contribution in [2.75, 3.05) is 38.0 Å². The number of rotatable bonds is 6. The number of anilines is 1. The number of hydrogen-bond acceptors (Lipinski definition) is 6. The molecule has 1 saturated heterocycles. The molecule has 8 nitrogen and oxygen atoms in total. The second-order valence-corrected chi connectivity index (χ2v) is 6.61. The van der Waals surface area contributed by atoms with Gasteiger partial charge in [-0.25, -0.2) is 0 Å². The van der Waals surface area contributed by atoms with E-state index in [9.17, 15) is 9.59 Å². The van der Waals surface area contributed by atoms with Crippen LogP contribution in [0.25, 0.3) is 0 Å². The van der Waals surface area contributed by atoms with Gasteiger partial charge in [0.25, 0.3) is 0 Å². The van der Waals surface area contributed by atoms with Crippen molar-refractivity contribution in [3.05, 3.63) is 11.8 Å². The zero-order valence-electron chi connectivity index (χ0n) is 15.1. The maximum Gasteiger partial charge on any atom is 0.242 e. The van der Waals surface area contributed by atoms with Gasteiger partial charge in [-0.15, -0.1) is 12.4 Å². The Morgan fingerprint density at radius 1 is 1.36 bits per heavy atom. The molecule has 25 heavy (non-hydrogen) atoms. The number of nitrogens with one attached hydrogen (secondary N) is 1. The SMILES string of the molecule is CCCC(C)(N)C(=O)N1CCN(CC(=O)Nc2cc(C)on2)CC1.Cl. The van der Waals surface area contributed by atoms with Gasteiger partial charge in [0.05, 0.1) is 12.1 Å². The Bertz CT molecular complexity index is 582. The summed E-state index contributed by atoms with van der Waals surface area (Å²) in [6.07, 6.45) is 1.55. The molecule has 0 aromatic carbocycles. The standard InChI is InChI=1S/C16H27N5O3.ClH/c1-4-5-16(3,17)15(23)21-8-6-20(7-9-21)11-14(22)18-13-10-12(2)24-19-13;/h10H,4-9,11,17H2,1-3H3,(H,18,19,22);1H. The molecule has 142 valence electrons. The van der Waals surface area contributed by atoms with Crippen molar-refractivity contribution in [1.82, 2.24) is 15.0 Å². The van der Waals surface area contributed by atoms with Crippen molar-refractivity contribution in [1.29, 1.82) is 0 Å². The second-order valence-electron chi connectivity index (χ2n) is 6.61. The lowest BCUT2D eigenvalue weighted by molar-refractivity contribution is -0.138. The molecule has 9 heteroatoms. The lowest BCUT2D eigenvalue weighted by Gasteiger charge is -2.38. The van der Waals surface area contributed by atoms with Gasteiger partial charge < -0.3 is 20.5 Å². The molecule has 0 radical (unpaired) electrons. The zero-order chi connectivity index (χ0) is 17.7. The van der Waals surface area contributed by atoms with E-state index in [2.05, 4.69) is 10.5 Å². The van der Waals surface area contributed by atoms with E-state index in [1.807, 2.05) is 11.8 Å². The van der Waals surface area contributed by atoms with E-state index < -0.39 is 5.54 Å². The molecule has 1 aromatic heterocycles. The van der Waals surface area contributed by atoms with Gasteiger partial charge in [0, 0.05) is 32.2 Å². The molecule has 2 amide bonds.